The van der Waals surface area contributed by atoms with Gasteiger partial charge in [0.1, 0.15) is 5.75 Å². The molecular formula is C11H19N4NaO2P+. The molecule has 2 rings (SSSR count). The molecule has 0 unspecified atom stereocenters. The first-order valence-electron chi connectivity index (χ1n) is 5.95. The zero-order valence-electron chi connectivity index (χ0n) is 11.1. The quantitative estimate of drug-likeness (QED) is 0.314. The van der Waals surface area contributed by atoms with Crippen LogP contribution in [0.15, 0.2) is 18.2 Å². The van der Waals surface area contributed by atoms with Crippen molar-refractivity contribution in [1.82, 2.24) is 0 Å². The number of nitrogens with two attached hydrogens (primary N) is 3. The topological polar surface area (TPSA) is 119 Å². The third-order valence-electron chi connectivity index (χ3n) is 3.25. The summed E-state index contributed by atoms with van der Waals surface area (Å²) in [6.07, 6.45) is 3.86. The molecule has 100 valence electrons. The summed E-state index contributed by atoms with van der Waals surface area (Å²) in [6.45, 7) is 0. The molecule has 0 aliphatic heterocycles. The number of phenols is 1. The Morgan fingerprint density at radius 3 is 2.32 bits per heavy atom. The Bertz CT molecular complexity index is 488. The Balaban J connectivity index is 0.00000180. The number of rotatable bonds is 3. The van der Waals surface area contributed by atoms with Crippen molar-refractivity contribution in [3.8, 4) is 5.75 Å². The van der Waals surface area contributed by atoms with Crippen molar-refractivity contribution >= 4 is 19.0 Å². The number of phenolic OH excluding ortho intramolecular Hbond substituents is 1. The van der Waals surface area contributed by atoms with Gasteiger partial charge in [0.15, 0.2) is 0 Å². The molecule has 6 nitrogen and oxygen atoms in total. The summed E-state index contributed by atoms with van der Waals surface area (Å²) < 4.78 is 13.5. The number of benzene rings is 1. The first-order valence-corrected chi connectivity index (χ1v) is 7.75. The van der Waals surface area contributed by atoms with Crippen LogP contribution in [0.3, 0.4) is 0 Å². The average Bonchev–Trinajstić information content (AvgIpc) is 2.73. The normalized spacial score (nSPS) is 16.1. The van der Waals surface area contributed by atoms with E-state index in [-0.39, 0.29) is 41.3 Å². The summed E-state index contributed by atoms with van der Waals surface area (Å²) in [5.74, 6) is -0.0435. The zero-order valence-corrected chi connectivity index (χ0v) is 14.0. The van der Waals surface area contributed by atoms with Crippen molar-refractivity contribution in [1.29, 1.82) is 0 Å². The minimum atomic E-state index is -3.46. The summed E-state index contributed by atoms with van der Waals surface area (Å²) in [7, 11) is -3.46. The maximum absolute atomic E-state index is 12.1. The van der Waals surface area contributed by atoms with E-state index in [0.29, 0.717) is 11.4 Å². The van der Waals surface area contributed by atoms with E-state index in [1.165, 1.54) is 10.7 Å². The van der Waals surface area contributed by atoms with Crippen LogP contribution in [0.4, 0.5) is 11.4 Å². The average molecular weight is 293 g/mol. The molecule has 0 amide bonds. The second kappa shape index (κ2) is 6.48. The van der Waals surface area contributed by atoms with Crippen molar-refractivity contribution in [2.75, 3.05) is 10.4 Å². The SMILES string of the molecule is Nc1ccc(N(C2CCCC2)P(N)(N)=O)c(O)c1.[Na+]. The van der Waals surface area contributed by atoms with Gasteiger partial charge >= 0.3 is 37.2 Å². The second-order valence-electron chi connectivity index (χ2n) is 4.70. The molecule has 8 heteroatoms. The van der Waals surface area contributed by atoms with Crippen molar-refractivity contribution in [2.24, 2.45) is 11.0 Å². The molecule has 0 radical (unpaired) electrons. The van der Waals surface area contributed by atoms with Gasteiger partial charge in [-0.25, -0.2) is 0 Å². The molecule has 0 aromatic heterocycles. The predicted molar refractivity (Wildman–Crippen MR) is 73.2 cm³/mol. The summed E-state index contributed by atoms with van der Waals surface area (Å²) >= 11 is 0. The van der Waals surface area contributed by atoms with Crippen molar-refractivity contribution in [3.63, 3.8) is 0 Å². The third kappa shape index (κ3) is 3.88. The molecule has 19 heavy (non-hydrogen) atoms. The van der Waals surface area contributed by atoms with E-state index in [4.69, 9.17) is 16.7 Å². The molecule has 0 atom stereocenters. The Morgan fingerprint density at radius 2 is 1.84 bits per heavy atom. The Morgan fingerprint density at radius 1 is 1.26 bits per heavy atom. The van der Waals surface area contributed by atoms with Gasteiger partial charge in [-0.3, -0.25) is 20.2 Å². The molecule has 0 bridgehead atoms. The largest absolute Gasteiger partial charge is 1.00 e. The van der Waals surface area contributed by atoms with Crippen molar-refractivity contribution in [3.05, 3.63) is 18.2 Å². The third-order valence-corrected chi connectivity index (χ3v) is 4.47. The van der Waals surface area contributed by atoms with Gasteiger partial charge in [0.05, 0.1) is 5.69 Å². The van der Waals surface area contributed by atoms with E-state index in [0.717, 1.165) is 25.7 Å². The second-order valence-corrected chi connectivity index (χ2v) is 6.48. The molecule has 1 fully saturated rings. The minimum Gasteiger partial charge on any atom is -0.506 e. The van der Waals surface area contributed by atoms with Crippen LogP contribution in [0.5, 0.6) is 5.75 Å². The van der Waals surface area contributed by atoms with Crippen LogP contribution >= 0.6 is 7.59 Å². The molecule has 1 aromatic rings. The minimum absolute atomic E-state index is 0. The van der Waals surface area contributed by atoms with Gasteiger partial charge in [0.25, 0.3) is 0 Å². The van der Waals surface area contributed by atoms with Crippen LogP contribution in [-0.4, -0.2) is 11.1 Å². The Kier molecular flexibility index (Phi) is 5.74. The maximum Gasteiger partial charge on any atom is 1.00 e. The van der Waals surface area contributed by atoms with Gasteiger partial charge in [0, 0.05) is 17.8 Å². The monoisotopic (exact) mass is 293 g/mol. The van der Waals surface area contributed by atoms with E-state index in [9.17, 15) is 9.67 Å². The van der Waals surface area contributed by atoms with E-state index >= 15 is 0 Å². The molecular weight excluding hydrogens is 274 g/mol. The Hall–Kier alpha value is -0.230. The zero-order chi connectivity index (χ0) is 13.3. The predicted octanol–water partition coefficient (Wildman–Crippen LogP) is -1.25. The number of hydrogen-bond acceptors (Lipinski definition) is 3. The summed E-state index contributed by atoms with van der Waals surface area (Å²) in [5, 5.41) is 9.93. The number of hydrogen-bond donors (Lipinski definition) is 4. The molecule has 7 N–H and O–H groups in total. The molecule has 0 spiro atoms. The summed E-state index contributed by atoms with van der Waals surface area (Å²) in [4.78, 5) is 0. The van der Waals surface area contributed by atoms with Gasteiger partial charge in [-0.1, -0.05) is 12.8 Å². The van der Waals surface area contributed by atoms with Gasteiger partial charge in [-0.05, 0) is 25.0 Å². The maximum atomic E-state index is 12.1. The van der Waals surface area contributed by atoms with Crippen molar-refractivity contribution in [2.45, 2.75) is 31.7 Å². The van der Waals surface area contributed by atoms with Gasteiger partial charge < -0.3 is 10.8 Å². The van der Waals surface area contributed by atoms with E-state index in [1.54, 1.807) is 12.1 Å². The summed E-state index contributed by atoms with van der Waals surface area (Å²) in [6, 6.07) is 4.66. The van der Waals surface area contributed by atoms with Crippen LogP contribution in [0.1, 0.15) is 25.7 Å². The first kappa shape index (κ1) is 16.8. The van der Waals surface area contributed by atoms with E-state index in [2.05, 4.69) is 0 Å². The molecule has 1 saturated carbocycles. The summed E-state index contributed by atoms with van der Waals surface area (Å²) in [5.41, 5.74) is 17.6. The standard InChI is InChI=1S/C11H19N4O2P.Na/c12-8-5-6-10(11(16)7-8)15(18(13,14)17)9-3-1-2-4-9;/h5-7,9,16H,1-4,12H2,(H4,13,14,17);/q;+1. The van der Waals surface area contributed by atoms with E-state index in [1.807, 2.05) is 0 Å². The van der Waals surface area contributed by atoms with Gasteiger partial charge in [0.2, 0.25) is 0 Å². The van der Waals surface area contributed by atoms with Crippen molar-refractivity contribution < 1.29 is 39.2 Å². The van der Waals surface area contributed by atoms with Gasteiger partial charge in [-0.15, -0.1) is 0 Å². The fourth-order valence-electron chi connectivity index (χ4n) is 2.50. The van der Waals surface area contributed by atoms with Crippen LogP contribution in [-0.2, 0) is 4.57 Å². The molecule has 0 heterocycles. The fourth-order valence-corrected chi connectivity index (χ4v) is 3.75. The van der Waals surface area contributed by atoms with Crippen LogP contribution in [0.25, 0.3) is 0 Å². The smallest absolute Gasteiger partial charge is 0.506 e. The first-order chi connectivity index (χ1) is 8.39. The number of anilines is 2. The van der Waals surface area contributed by atoms with Crippen LogP contribution in [0.2, 0.25) is 0 Å². The van der Waals surface area contributed by atoms with E-state index < -0.39 is 7.59 Å². The van der Waals surface area contributed by atoms with Crippen LogP contribution < -0.4 is 51.0 Å². The molecule has 1 aliphatic rings. The number of nitrogen functional groups attached to an aromatic ring is 1. The Labute approximate surface area is 135 Å². The molecule has 0 saturated heterocycles. The fraction of sp³-hybridized carbons (Fsp3) is 0.455. The van der Waals surface area contributed by atoms with Crippen LogP contribution in [0, 0.1) is 0 Å². The van der Waals surface area contributed by atoms with Gasteiger partial charge in [-0.2, -0.15) is 0 Å². The molecule has 1 aromatic carbocycles. The number of aromatic hydroxyl groups is 1. The number of nitrogens with zero attached hydrogens (tertiary/aromatic N) is 1. The molecule has 1 aliphatic carbocycles.